The van der Waals surface area contributed by atoms with Crippen molar-refractivity contribution in [3.8, 4) is 11.5 Å². The standard InChI is InChI=1S/C22H26N2O5/c1-14-12-24(13-15(2)29-14)22(26)19-7-5-6-8-20(19)23-21(25)16-9-17(27-3)11-18(10-16)28-4/h5-11,14-15H,12-13H2,1-4H3,(H,23,25)/t14-,15-/m1/s1. The maximum atomic E-state index is 13.1. The van der Waals surface area contributed by atoms with Gasteiger partial charge in [0.1, 0.15) is 11.5 Å². The molecule has 0 spiro atoms. The van der Waals surface area contributed by atoms with Crippen molar-refractivity contribution >= 4 is 17.5 Å². The summed E-state index contributed by atoms with van der Waals surface area (Å²) in [6.45, 7) is 4.91. The van der Waals surface area contributed by atoms with Crippen molar-refractivity contribution in [3.05, 3.63) is 53.6 Å². The molecule has 7 heteroatoms. The van der Waals surface area contributed by atoms with Gasteiger partial charge in [-0.05, 0) is 38.1 Å². The Balaban J connectivity index is 1.84. The predicted molar refractivity (Wildman–Crippen MR) is 110 cm³/mol. The minimum atomic E-state index is -0.355. The van der Waals surface area contributed by atoms with Crippen LogP contribution in [0.3, 0.4) is 0 Å². The van der Waals surface area contributed by atoms with Crippen LogP contribution in [-0.4, -0.2) is 56.2 Å². The lowest BCUT2D eigenvalue weighted by Gasteiger charge is -2.35. The molecule has 7 nitrogen and oxygen atoms in total. The van der Waals surface area contributed by atoms with E-state index in [1.54, 1.807) is 47.4 Å². The zero-order valence-corrected chi connectivity index (χ0v) is 17.1. The Kier molecular flexibility index (Phi) is 6.39. The maximum Gasteiger partial charge on any atom is 0.256 e. The number of hydrogen-bond donors (Lipinski definition) is 1. The number of amides is 2. The number of para-hydroxylation sites is 1. The molecule has 0 unspecified atom stereocenters. The fourth-order valence-corrected chi connectivity index (χ4v) is 3.43. The number of nitrogens with one attached hydrogen (secondary N) is 1. The summed E-state index contributed by atoms with van der Waals surface area (Å²) in [5.41, 5.74) is 1.27. The smallest absolute Gasteiger partial charge is 0.256 e. The van der Waals surface area contributed by atoms with Gasteiger partial charge in [0.15, 0.2) is 0 Å². The molecule has 1 heterocycles. The SMILES string of the molecule is COc1cc(OC)cc(C(=O)Nc2ccccc2C(=O)N2C[C@@H](C)O[C@H](C)C2)c1. The number of hydrogen-bond acceptors (Lipinski definition) is 5. The number of morpholine rings is 1. The second-order valence-electron chi connectivity index (χ2n) is 7.07. The van der Waals surface area contributed by atoms with Gasteiger partial charge in [-0.1, -0.05) is 12.1 Å². The minimum Gasteiger partial charge on any atom is -0.497 e. The molecule has 3 rings (SSSR count). The average Bonchev–Trinajstić information content (AvgIpc) is 2.72. The second kappa shape index (κ2) is 8.96. The Morgan fingerprint density at radius 2 is 1.59 bits per heavy atom. The van der Waals surface area contributed by atoms with Crippen LogP contribution in [0.25, 0.3) is 0 Å². The van der Waals surface area contributed by atoms with Crippen LogP contribution in [-0.2, 0) is 4.74 Å². The molecular formula is C22H26N2O5. The molecule has 1 aliphatic heterocycles. The molecule has 0 aliphatic carbocycles. The van der Waals surface area contributed by atoms with E-state index in [0.29, 0.717) is 41.4 Å². The average molecular weight is 398 g/mol. The van der Waals surface area contributed by atoms with Crippen molar-refractivity contribution < 1.29 is 23.8 Å². The summed E-state index contributed by atoms with van der Waals surface area (Å²) >= 11 is 0. The summed E-state index contributed by atoms with van der Waals surface area (Å²) < 4.78 is 16.2. The van der Waals surface area contributed by atoms with Gasteiger partial charge in [-0.25, -0.2) is 0 Å². The molecule has 2 aromatic carbocycles. The summed E-state index contributed by atoms with van der Waals surface area (Å²) in [5, 5.41) is 2.84. The van der Waals surface area contributed by atoms with Crippen LogP contribution in [0, 0.1) is 0 Å². The van der Waals surface area contributed by atoms with E-state index in [1.807, 2.05) is 13.8 Å². The first-order chi connectivity index (χ1) is 13.9. The first kappa shape index (κ1) is 20.7. The van der Waals surface area contributed by atoms with Crippen LogP contribution in [0.2, 0.25) is 0 Å². The minimum absolute atomic E-state index is 0.0336. The zero-order valence-electron chi connectivity index (χ0n) is 17.1. The molecule has 29 heavy (non-hydrogen) atoms. The van der Waals surface area contributed by atoms with Crippen LogP contribution >= 0.6 is 0 Å². The van der Waals surface area contributed by atoms with Gasteiger partial charge in [0.25, 0.3) is 11.8 Å². The molecule has 0 aromatic heterocycles. The van der Waals surface area contributed by atoms with Crippen LogP contribution in [0.15, 0.2) is 42.5 Å². The molecule has 0 bridgehead atoms. The molecular weight excluding hydrogens is 372 g/mol. The number of carbonyl (C=O) groups is 2. The molecule has 1 N–H and O–H groups in total. The van der Waals surface area contributed by atoms with Gasteiger partial charge in [0.2, 0.25) is 0 Å². The number of anilines is 1. The highest BCUT2D eigenvalue weighted by Crippen LogP contribution is 2.25. The quantitative estimate of drug-likeness (QED) is 0.837. The van der Waals surface area contributed by atoms with E-state index in [0.717, 1.165) is 0 Å². The molecule has 2 aromatic rings. The summed E-state index contributed by atoms with van der Waals surface area (Å²) in [6, 6.07) is 11.9. The summed E-state index contributed by atoms with van der Waals surface area (Å²) in [4.78, 5) is 27.7. The van der Waals surface area contributed by atoms with Gasteiger partial charge in [0.05, 0.1) is 37.7 Å². The van der Waals surface area contributed by atoms with Crippen LogP contribution in [0.5, 0.6) is 11.5 Å². The Bertz CT molecular complexity index is 866. The molecule has 1 saturated heterocycles. The first-order valence-electron chi connectivity index (χ1n) is 9.49. The molecule has 0 radical (unpaired) electrons. The number of carbonyl (C=O) groups excluding carboxylic acids is 2. The number of benzene rings is 2. The number of rotatable bonds is 5. The lowest BCUT2D eigenvalue weighted by molar-refractivity contribution is -0.0585. The molecule has 2 atom stereocenters. The number of ether oxygens (including phenoxy) is 3. The van der Waals surface area contributed by atoms with Crippen LogP contribution < -0.4 is 14.8 Å². The van der Waals surface area contributed by atoms with E-state index in [9.17, 15) is 9.59 Å². The lowest BCUT2D eigenvalue weighted by Crippen LogP contribution is -2.48. The van der Waals surface area contributed by atoms with E-state index in [2.05, 4.69) is 5.32 Å². The van der Waals surface area contributed by atoms with Gasteiger partial charge in [-0.15, -0.1) is 0 Å². The van der Waals surface area contributed by atoms with Gasteiger partial charge < -0.3 is 24.4 Å². The van der Waals surface area contributed by atoms with E-state index >= 15 is 0 Å². The predicted octanol–water partition coefficient (Wildman–Crippen LogP) is 3.21. The summed E-state index contributed by atoms with van der Waals surface area (Å²) in [6.07, 6.45) is -0.0672. The third kappa shape index (κ3) is 4.86. The molecule has 1 fully saturated rings. The van der Waals surface area contributed by atoms with E-state index in [1.165, 1.54) is 14.2 Å². The fraction of sp³-hybridized carbons (Fsp3) is 0.364. The molecule has 1 aliphatic rings. The monoisotopic (exact) mass is 398 g/mol. The highest BCUT2D eigenvalue weighted by molar-refractivity contribution is 6.09. The van der Waals surface area contributed by atoms with E-state index in [-0.39, 0.29) is 24.0 Å². The Hall–Kier alpha value is -3.06. The van der Waals surface area contributed by atoms with Crippen molar-refractivity contribution in [2.45, 2.75) is 26.1 Å². The Morgan fingerprint density at radius 1 is 1.00 bits per heavy atom. The lowest BCUT2D eigenvalue weighted by atomic mass is 10.1. The normalized spacial score (nSPS) is 18.8. The first-order valence-corrected chi connectivity index (χ1v) is 9.49. The van der Waals surface area contributed by atoms with E-state index < -0.39 is 0 Å². The largest absolute Gasteiger partial charge is 0.497 e. The Labute approximate surface area is 170 Å². The third-order valence-corrected chi connectivity index (χ3v) is 4.73. The number of nitrogens with zero attached hydrogens (tertiary/aromatic N) is 1. The van der Waals surface area contributed by atoms with Crippen molar-refractivity contribution in [2.24, 2.45) is 0 Å². The Morgan fingerprint density at radius 3 is 2.17 bits per heavy atom. The topological polar surface area (TPSA) is 77.1 Å². The van der Waals surface area contributed by atoms with Gasteiger partial charge in [-0.2, -0.15) is 0 Å². The summed E-state index contributed by atoms with van der Waals surface area (Å²) in [5.74, 6) is 0.530. The van der Waals surface area contributed by atoms with Crippen molar-refractivity contribution in [1.82, 2.24) is 4.90 Å². The highest BCUT2D eigenvalue weighted by atomic mass is 16.5. The molecule has 154 valence electrons. The molecule has 0 saturated carbocycles. The highest BCUT2D eigenvalue weighted by Gasteiger charge is 2.28. The van der Waals surface area contributed by atoms with Crippen LogP contribution in [0.4, 0.5) is 5.69 Å². The van der Waals surface area contributed by atoms with E-state index in [4.69, 9.17) is 14.2 Å². The van der Waals surface area contributed by atoms with Gasteiger partial charge >= 0.3 is 0 Å². The van der Waals surface area contributed by atoms with Crippen molar-refractivity contribution in [3.63, 3.8) is 0 Å². The third-order valence-electron chi connectivity index (χ3n) is 4.73. The zero-order chi connectivity index (χ0) is 21.0. The van der Waals surface area contributed by atoms with Gasteiger partial charge in [-0.3, -0.25) is 9.59 Å². The summed E-state index contributed by atoms with van der Waals surface area (Å²) in [7, 11) is 3.05. The maximum absolute atomic E-state index is 13.1. The van der Waals surface area contributed by atoms with Crippen molar-refractivity contribution in [1.29, 1.82) is 0 Å². The van der Waals surface area contributed by atoms with Gasteiger partial charge in [0, 0.05) is 24.7 Å². The van der Waals surface area contributed by atoms with Crippen LogP contribution in [0.1, 0.15) is 34.6 Å². The molecule has 2 amide bonds. The second-order valence-corrected chi connectivity index (χ2v) is 7.07. The van der Waals surface area contributed by atoms with Crippen molar-refractivity contribution in [2.75, 3.05) is 32.6 Å². The fourth-order valence-electron chi connectivity index (χ4n) is 3.43. The number of methoxy groups -OCH3 is 2.